The van der Waals surface area contributed by atoms with Gasteiger partial charge in [0.05, 0.1) is 5.71 Å². The minimum atomic E-state index is 0.389. The Labute approximate surface area is 54.3 Å². The number of nitrogens with two attached hydrogens (primary N) is 1. The maximum atomic E-state index is 10.0. The summed E-state index contributed by atoms with van der Waals surface area (Å²) in [5.41, 5.74) is 5.40. The Balaban J connectivity index is 3.97. The molecule has 0 fully saturated rings. The highest BCUT2D eigenvalue weighted by atomic mass is 16.1. The van der Waals surface area contributed by atoms with Crippen molar-refractivity contribution in [2.75, 3.05) is 6.54 Å². The Morgan fingerprint density at radius 1 is 1.78 bits per heavy atom. The van der Waals surface area contributed by atoms with Crippen LogP contribution in [0.25, 0.3) is 0 Å². The largest absolute Gasteiger partial charge is 0.405 e. The van der Waals surface area contributed by atoms with Crippen molar-refractivity contribution in [2.45, 2.75) is 6.92 Å². The van der Waals surface area contributed by atoms with E-state index in [4.69, 9.17) is 5.73 Å². The lowest BCUT2D eigenvalue weighted by Crippen LogP contribution is -1.96. The van der Waals surface area contributed by atoms with E-state index in [0.717, 1.165) is 0 Å². The van der Waals surface area contributed by atoms with Crippen molar-refractivity contribution in [3.05, 3.63) is 12.3 Å². The zero-order chi connectivity index (χ0) is 7.11. The van der Waals surface area contributed by atoms with E-state index in [-0.39, 0.29) is 0 Å². The summed E-state index contributed by atoms with van der Waals surface area (Å²) in [4.78, 5) is 13.9. The Hall–Kier alpha value is -1.12. The lowest BCUT2D eigenvalue weighted by atomic mass is 10.4. The molecule has 3 heteroatoms. The maximum Gasteiger partial charge on any atom is 0.168 e. The van der Waals surface area contributed by atoms with Gasteiger partial charge in [0.15, 0.2) is 6.29 Å². The second-order valence-electron chi connectivity index (χ2n) is 1.38. The van der Waals surface area contributed by atoms with E-state index in [1.807, 2.05) is 6.92 Å². The predicted molar refractivity (Wildman–Crippen MR) is 37.4 cm³/mol. The van der Waals surface area contributed by atoms with Gasteiger partial charge in [0, 0.05) is 6.54 Å². The molecule has 0 radical (unpaired) electrons. The lowest BCUT2D eigenvalue weighted by Gasteiger charge is -1.84. The third-order valence-electron chi connectivity index (χ3n) is 0.728. The van der Waals surface area contributed by atoms with Gasteiger partial charge in [0.2, 0.25) is 0 Å². The number of carbonyl (C=O) groups is 1. The third-order valence-corrected chi connectivity index (χ3v) is 0.728. The molecule has 0 aromatic rings. The quantitative estimate of drug-likeness (QED) is 0.431. The molecule has 3 nitrogen and oxygen atoms in total. The summed E-state index contributed by atoms with van der Waals surface area (Å²) in [5.74, 6) is 0. The number of carbonyl (C=O) groups excluding carboxylic acids is 1. The molecule has 0 amide bonds. The fraction of sp³-hybridized carbons (Fsp3) is 0.333. The van der Waals surface area contributed by atoms with Crippen molar-refractivity contribution in [3.8, 4) is 0 Å². The van der Waals surface area contributed by atoms with Gasteiger partial charge >= 0.3 is 0 Å². The van der Waals surface area contributed by atoms with Crippen LogP contribution in [0.5, 0.6) is 0 Å². The molecule has 0 spiro atoms. The molecule has 0 aliphatic heterocycles. The lowest BCUT2D eigenvalue weighted by molar-refractivity contribution is -0.102. The first kappa shape index (κ1) is 7.88. The minimum absolute atomic E-state index is 0.389. The first-order chi connectivity index (χ1) is 4.35. The molecule has 0 rings (SSSR count). The molecule has 0 bridgehead atoms. The molecule has 2 N–H and O–H groups in total. The van der Waals surface area contributed by atoms with Crippen molar-refractivity contribution in [3.63, 3.8) is 0 Å². The zero-order valence-electron chi connectivity index (χ0n) is 5.37. The second-order valence-corrected chi connectivity index (χ2v) is 1.38. The van der Waals surface area contributed by atoms with Crippen molar-refractivity contribution in [1.29, 1.82) is 0 Å². The average molecular weight is 126 g/mol. The molecule has 0 heterocycles. The Bertz CT molecular complexity index is 138. The Morgan fingerprint density at radius 2 is 2.44 bits per heavy atom. The van der Waals surface area contributed by atoms with Gasteiger partial charge in [0.25, 0.3) is 0 Å². The normalized spacial score (nSPS) is 12.3. The van der Waals surface area contributed by atoms with Gasteiger partial charge in [-0.05, 0) is 19.2 Å². The summed E-state index contributed by atoms with van der Waals surface area (Å²) >= 11 is 0. The molecule has 0 aromatic heterocycles. The molecule has 0 aromatic carbocycles. The van der Waals surface area contributed by atoms with E-state index in [1.54, 1.807) is 0 Å². The van der Waals surface area contributed by atoms with Crippen molar-refractivity contribution in [1.82, 2.24) is 0 Å². The summed E-state index contributed by atoms with van der Waals surface area (Å²) in [6, 6.07) is 0. The van der Waals surface area contributed by atoms with Gasteiger partial charge in [-0.25, -0.2) is 0 Å². The SMILES string of the molecule is CCN=C(C=O)/C=C\N. The molecule has 0 atom stereocenters. The van der Waals surface area contributed by atoms with Crippen LogP contribution < -0.4 is 5.73 Å². The number of hydrogen-bond acceptors (Lipinski definition) is 3. The van der Waals surface area contributed by atoms with Crippen LogP contribution in [0, 0.1) is 0 Å². The number of nitrogens with zero attached hydrogens (tertiary/aromatic N) is 1. The fourth-order valence-corrected chi connectivity index (χ4v) is 0.410. The highest BCUT2D eigenvalue weighted by Crippen LogP contribution is 1.75. The van der Waals surface area contributed by atoms with Crippen molar-refractivity contribution < 1.29 is 4.79 Å². The summed E-state index contributed by atoms with van der Waals surface area (Å²) in [7, 11) is 0. The maximum absolute atomic E-state index is 10.0. The number of rotatable bonds is 3. The van der Waals surface area contributed by atoms with E-state index in [0.29, 0.717) is 18.5 Å². The molecule has 0 aliphatic carbocycles. The molecular weight excluding hydrogens is 116 g/mol. The summed E-state index contributed by atoms with van der Waals surface area (Å²) in [6.07, 6.45) is 3.44. The van der Waals surface area contributed by atoms with E-state index >= 15 is 0 Å². The van der Waals surface area contributed by atoms with E-state index in [9.17, 15) is 4.79 Å². The van der Waals surface area contributed by atoms with Crippen LogP contribution >= 0.6 is 0 Å². The van der Waals surface area contributed by atoms with Gasteiger partial charge < -0.3 is 5.73 Å². The molecule has 9 heavy (non-hydrogen) atoms. The van der Waals surface area contributed by atoms with Crippen LogP contribution in [0.3, 0.4) is 0 Å². The molecule has 0 aliphatic rings. The Kier molecular flexibility index (Phi) is 4.40. The van der Waals surface area contributed by atoms with Crippen LogP contribution in [0.1, 0.15) is 6.92 Å². The van der Waals surface area contributed by atoms with Crippen molar-refractivity contribution >= 4 is 12.0 Å². The Morgan fingerprint density at radius 3 is 2.78 bits per heavy atom. The molecule has 0 saturated heterocycles. The average Bonchev–Trinajstić information content (AvgIpc) is 1.88. The number of allylic oxidation sites excluding steroid dienone is 1. The monoisotopic (exact) mass is 126 g/mol. The zero-order valence-corrected chi connectivity index (χ0v) is 5.37. The number of aldehydes is 1. The predicted octanol–water partition coefficient (Wildman–Crippen LogP) is 0.119. The van der Waals surface area contributed by atoms with Gasteiger partial charge in [-0.3, -0.25) is 9.79 Å². The van der Waals surface area contributed by atoms with Crippen LogP contribution in [-0.2, 0) is 4.79 Å². The summed E-state index contributed by atoms with van der Waals surface area (Å²) < 4.78 is 0. The standard InChI is InChI=1S/C6H10N2O/c1-2-8-6(5-9)3-4-7/h3-5H,2,7H2,1H3/b4-3-,8-6?. The molecule has 0 unspecified atom stereocenters. The topological polar surface area (TPSA) is 55.5 Å². The first-order valence-corrected chi connectivity index (χ1v) is 2.73. The number of aliphatic imine (C=N–C) groups is 1. The van der Waals surface area contributed by atoms with E-state index in [2.05, 4.69) is 4.99 Å². The van der Waals surface area contributed by atoms with E-state index < -0.39 is 0 Å². The minimum Gasteiger partial charge on any atom is -0.405 e. The van der Waals surface area contributed by atoms with Crippen molar-refractivity contribution in [2.24, 2.45) is 10.7 Å². The number of hydrogen-bond donors (Lipinski definition) is 1. The van der Waals surface area contributed by atoms with Gasteiger partial charge in [-0.2, -0.15) is 0 Å². The highest BCUT2D eigenvalue weighted by molar-refractivity contribution is 6.33. The molecular formula is C6H10N2O. The molecule has 50 valence electrons. The van der Waals surface area contributed by atoms with Crippen LogP contribution in [0.2, 0.25) is 0 Å². The fourth-order valence-electron chi connectivity index (χ4n) is 0.410. The first-order valence-electron chi connectivity index (χ1n) is 2.73. The van der Waals surface area contributed by atoms with Gasteiger partial charge in [-0.1, -0.05) is 0 Å². The third kappa shape index (κ3) is 3.46. The van der Waals surface area contributed by atoms with Gasteiger partial charge in [0.1, 0.15) is 0 Å². The highest BCUT2D eigenvalue weighted by Gasteiger charge is 1.84. The van der Waals surface area contributed by atoms with Crippen LogP contribution in [0.15, 0.2) is 17.3 Å². The van der Waals surface area contributed by atoms with Gasteiger partial charge in [-0.15, -0.1) is 0 Å². The van der Waals surface area contributed by atoms with Crippen LogP contribution in [0.4, 0.5) is 0 Å². The smallest absolute Gasteiger partial charge is 0.168 e. The summed E-state index contributed by atoms with van der Waals surface area (Å²) in [6.45, 7) is 2.46. The van der Waals surface area contributed by atoms with Crippen LogP contribution in [-0.4, -0.2) is 18.5 Å². The second kappa shape index (κ2) is 5.03. The molecule has 0 saturated carbocycles. The summed E-state index contributed by atoms with van der Waals surface area (Å²) in [5, 5.41) is 0. The van der Waals surface area contributed by atoms with E-state index in [1.165, 1.54) is 12.3 Å².